The second-order valence-electron chi connectivity index (χ2n) is 8.00. The van der Waals surface area contributed by atoms with Crippen molar-refractivity contribution in [2.24, 2.45) is 0 Å². The van der Waals surface area contributed by atoms with Gasteiger partial charge < -0.3 is 19.4 Å². The molecule has 1 aliphatic heterocycles. The lowest BCUT2D eigenvalue weighted by Crippen LogP contribution is -2.30. The normalized spacial score (nSPS) is 13.3. The highest BCUT2D eigenvalue weighted by molar-refractivity contribution is 7.22. The van der Waals surface area contributed by atoms with Crippen LogP contribution < -0.4 is 15.8 Å². The number of amides is 1. The van der Waals surface area contributed by atoms with Crippen LogP contribution in [0.4, 0.5) is 10.8 Å². The molecule has 4 heterocycles. The van der Waals surface area contributed by atoms with Crippen molar-refractivity contribution in [1.29, 1.82) is 0 Å². The maximum absolute atomic E-state index is 13.2. The lowest BCUT2D eigenvalue weighted by Gasteiger charge is -2.11. The number of carbonyl (C=O) groups is 2. The number of esters is 1. The number of thiazole rings is 1. The first-order valence-electron chi connectivity index (χ1n) is 11.3. The van der Waals surface area contributed by atoms with E-state index in [1.54, 1.807) is 43.3 Å². The van der Waals surface area contributed by atoms with E-state index < -0.39 is 17.4 Å². The van der Waals surface area contributed by atoms with Crippen LogP contribution in [0.3, 0.4) is 0 Å². The number of hydrogen-bond acceptors (Lipinski definition) is 9. The largest absolute Gasteiger partial charge is 0.463 e. The van der Waals surface area contributed by atoms with Gasteiger partial charge in [0.15, 0.2) is 16.4 Å². The maximum Gasteiger partial charge on any atom is 0.338 e. The number of fused-ring (bicyclic) bond motifs is 1. The zero-order chi connectivity index (χ0) is 24.4. The third-order valence-corrected chi connectivity index (χ3v) is 6.72. The van der Waals surface area contributed by atoms with Gasteiger partial charge in [-0.1, -0.05) is 11.3 Å². The summed E-state index contributed by atoms with van der Waals surface area (Å²) in [7, 11) is 0. The topological polar surface area (TPSA) is 120 Å². The molecule has 11 heteroatoms. The van der Waals surface area contributed by atoms with Crippen LogP contribution in [0, 0.1) is 0 Å². The van der Waals surface area contributed by atoms with E-state index in [0.717, 1.165) is 35.7 Å². The van der Waals surface area contributed by atoms with E-state index in [1.807, 2.05) is 0 Å². The molecule has 0 spiro atoms. The van der Waals surface area contributed by atoms with Crippen LogP contribution >= 0.6 is 11.3 Å². The zero-order valence-electron chi connectivity index (χ0n) is 19.0. The molecule has 0 bridgehead atoms. The minimum absolute atomic E-state index is 0.268. The zero-order valence-corrected chi connectivity index (χ0v) is 19.8. The number of nitrogens with zero attached hydrogens (tertiary/aromatic N) is 4. The first-order chi connectivity index (χ1) is 17.0. The van der Waals surface area contributed by atoms with Crippen LogP contribution in [-0.4, -0.2) is 46.3 Å². The fraction of sp³-hybridized carbons (Fsp3) is 0.292. The van der Waals surface area contributed by atoms with Crippen molar-refractivity contribution in [1.82, 2.24) is 14.8 Å². The SMILES string of the molecule is CCOC(=O)c1ccc(NC(=O)Cn2nc(-c3ccco3)c3sc(N4CCCC4)nc3c2=O)cc1. The van der Waals surface area contributed by atoms with Gasteiger partial charge in [-0.15, -0.1) is 0 Å². The standard InChI is InChI=1S/C24H23N5O5S/c1-2-33-23(32)15-7-9-16(10-8-15)25-18(30)14-29-22(31)20-21(19(27-29)17-6-5-13-34-17)35-24(26-20)28-11-3-4-12-28/h5-10,13H,2-4,11-12,14H2,1H3,(H,25,30). The molecule has 3 aromatic heterocycles. The van der Waals surface area contributed by atoms with Gasteiger partial charge in [0.1, 0.15) is 12.2 Å². The Balaban J connectivity index is 1.42. The van der Waals surface area contributed by atoms with Crippen LogP contribution in [0.25, 0.3) is 21.7 Å². The Kier molecular flexibility index (Phi) is 6.32. The Morgan fingerprint density at radius 1 is 1.17 bits per heavy atom. The summed E-state index contributed by atoms with van der Waals surface area (Å²) in [5.74, 6) is -0.380. The summed E-state index contributed by atoms with van der Waals surface area (Å²) in [6, 6.07) is 9.83. The minimum Gasteiger partial charge on any atom is -0.463 e. The van der Waals surface area contributed by atoms with Gasteiger partial charge in [-0.2, -0.15) is 5.10 Å². The number of furan rings is 1. The van der Waals surface area contributed by atoms with Gasteiger partial charge in [0.2, 0.25) is 5.91 Å². The molecule has 10 nitrogen and oxygen atoms in total. The number of benzene rings is 1. The van der Waals surface area contributed by atoms with Gasteiger partial charge in [0.05, 0.1) is 23.1 Å². The molecule has 0 radical (unpaired) electrons. The maximum atomic E-state index is 13.2. The summed E-state index contributed by atoms with van der Waals surface area (Å²) in [5, 5.41) is 7.96. The Morgan fingerprint density at radius 3 is 2.63 bits per heavy atom. The molecule has 0 atom stereocenters. The summed E-state index contributed by atoms with van der Waals surface area (Å²) < 4.78 is 12.3. The van der Waals surface area contributed by atoms with Crippen LogP contribution in [-0.2, 0) is 16.1 Å². The Bertz CT molecular complexity index is 1420. The first kappa shape index (κ1) is 22.8. The Hall–Kier alpha value is -3.99. The predicted octanol–water partition coefficient (Wildman–Crippen LogP) is 3.53. The van der Waals surface area contributed by atoms with Crippen LogP contribution in [0.1, 0.15) is 30.1 Å². The molecule has 1 aromatic carbocycles. The van der Waals surface area contributed by atoms with Gasteiger partial charge in [-0.05, 0) is 56.2 Å². The molecule has 0 unspecified atom stereocenters. The van der Waals surface area contributed by atoms with Crippen molar-refractivity contribution in [2.45, 2.75) is 26.3 Å². The lowest BCUT2D eigenvalue weighted by molar-refractivity contribution is -0.117. The molecule has 5 rings (SSSR count). The fourth-order valence-electron chi connectivity index (χ4n) is 3.91. The summed E-state index contributed by atoms with van der Waals surface area (Å²) in [6.45, 7) is 3.50. The van der Waals surface area contributed by atoms with Gasteiger partial charge in [0, 0.05) is 18.8 Å². The van der Waals surface area contributed by atoms with Crippen molar-refractivity contribution >= 4 is 44.2 Å². The van der Waals surface area contributed by atoms with Gasteiger partial charge >= 0.3 is 5.97 Å². The molecule has 4 aromatic rings. The van der Waals surface area contributed by atoms with Gasteiger partial charge in [-0.25, -0.2) is 14.5 Å². The first-order valence-corrected chi connectivity index (χ1v) is 12.1. The highest BCUT2D eigenvalue weighted by atomic mass is 32.1. The van der Waals surface area contributed by atoms with E-state index in [-0.39, 0.29) is 18.7 Å². The average molecular weight is 494 g/mol. The predicted molar refractivity (Wildman–Crippen MR) is 132 cm³/mol. The highest BCUT2D eigenvalue weighted by Gasteiger charge is 2.23. The molecule has 35 heavy (non-hydrogen) atoms. The number of carbonyl (C=O) groups excluding carboxylic acids is 2. The molecular formula is C24H23N5O5S. The molecule has 180 valence electrons. The smallest absolute Gasteiger partial charge is 0.338 e. The van der Waals surface area contributed by atoms with E-state index in [9.17, 15) is 14.4 Å². The number of rotatable bonds is 7. The number of hydrogen-bond donors (Lipinski definition) is 1. The average Bonchev–Trinajstić information content (AvgIpc) is 3.63. The lowest BCUT2D eigenvalue weighted by atomic mass is 10.2. The summed E-state index contributed by atoms with van der Waals surface area (Å²) in [5.41, 5.74) is 1.16. The minimum atomic E-state index is -0.441. The second kappa shape index (κ2) is 9.71. The number of ether oxygens (including phenoxy) is 1. The highest BCUT2D eigenvalue weighted by Crippen LogP contribution is 2.35. The molecule has 1 amide bonds. The fourth-order valence-corrected chi connectivity index (χ4v) is 5.01. The quantitative estimate of drug-likeness (QED) is 0.388. The van der Waals surface area contributed by atoms with E-state index in [1.165, 1.54) is 17.6 Å². The summed E-state index contributed by atoms with van der Waals surface area (Å²) >= 11 is 1.41. The van der Waals surface area contributed by atoms with Crippen LogP contribution in [0.2, 0.25) is 0 Å². The second-order valence-corrected chi connectivity index (χ2v) is 8.98. The van der Waals surface area contributed by atoms with E-state index in [2.05, 4.69) is 20.3 Å². The molecular weight excluding hydrogens is 470 g/mol. The molecule has 1 saturated heterocycles. The molecule has 0 saturated carbocycles. The van der Waals surface area contributed by atoms with E-state index in [0.29, 0.717) is 27.4 Å². The Morgan fingerprint density at radius 2 is 1.94 bits per heavy atom. The van der Waals surface area contributed by atoms with E-state index >= 15 is 0 Å². The van der Waals surface area contributed by atoms with Crippen molar-refractivity contribution in [3.8, 4) is 11.5 Å². The monoisotopic (exact) mass is 493 g/mol. The molecule has 1 aliphatic rings. The number of anilines is 2. The van der Waals surface area contributed by atoms with Crippen LogP contribution in [0.15, 0.2) is 51.9 Å². The van der Waals surface area contributed by atoms with Crippen molar-refractivity contribution in [3.05, 3.63) is 58.6 Å². The summed E-state index contributed by atoms with van der Waals surface area (Å²) in [4.78, 5) is 44.5. The summed E-state index contributed by atoms with van der Waals surface area (Å²) in [6.07, 6.45) is 3.71. The van der Waals surface area contributed by atoms with E-state index in [4.69, 9.17) is 9.15 Å². The van der Waals surface area contributed by atoms with Gasteiger partial charge in [-0.3, -0.25) is 9.59 Å². The number of nitrogens with one attached hydrogen (secondary N) is 1. The van der Waals surface area contributed by atoms with Crippen LogP contribution in [0.5, 0.6) is 0 Å². The number of aromatic nitrogens is 3. The van der Waals surface area contributed by atoms with Gasteiger partial charge in [0.25, 0.3) is 5.56 Å². The Labute approximate surface area is 204 Å². The van der Waals surface area contributed by atoms with Crippen molar-refractivity contribution < 1.29 is 18.7 Å². The molecule has 0 aliphatic carbocycles. The third kappa shape index (κ3) is 4.67. The molecule has 1 N–H and O–H groups in total. The third-order valence-electron chi connectivity index (χ3n) is 5.59. The van der Waals surface area contributed by atoms with Crippen molar-refractivity contribution in [2.75, 3.05) is 29.9 Å². The van der Waals surface area contributed by atoms with Crippen molar-refractivity contribution in [3.63, 3.8) is 0 Å². The molecule has 1 fully saturated rings.